The zero-order valence-corrected chi connectivity index (χ0v) is 23.4. The summed E-state index contributed by atoms with van der Waals surface area (Å²) in [5.41, 5.74) is 2.88. The number of anilines is 3. The molecule has 1 aliphatic carbocycles. The minimum atomic E-state index is -0.637. The Hall–Kier alpha value is -3.46. The number of amides is 3. The van der Waals surface area contributed by atoms with Gasteiger partial charge in [0.05, 0.1) is 29.0 Å². The Balaban J connectivity index is 1.69. The standard InChI is InChI=1S/C28H33BrN4O4/c1-18-16-20(31-23(34)12-15-29)17-30-24(18)28(5)13-10-19(11-14-28)25(35)32-21-8-6-7-9-22(21)33-26(36)37-27(2,3)4/h6-11,13,16-17H,12,14-15H2,1-5H3,(H,31,34)(H,32,35)(H,33,36). The number of nitrogens with one attached hydrogen (secondary N) is 3. The molecule has 0 spiro atoms. The molecule has 3 amide bonds. The molecule has 1 aromatic heterocycles. The molecule has 196 valence electrons. The molecule has 1 atom stereocenters. The number of alkyl halides is 1. The quantitative estimate of drug-likeness (QED) is 0.342. The Morgan fingerprint density at radius 2 is 1.78 bits per heavy atom. The highest BCUT2D eigenvalue weighted by Crippen LogP contribution is 2.35. The molecule has 1 aliphatic rings. The van der Waals surface area contributed by atoms with E-state index in [0.29, 0.717) is 40.8 Å². The molecule has 1 heterocycles. The molecule has 3 N–H and O–H groups in total. The van der Waals surface area contributed by atoms with Crippen LogP contribution < -0.4 is 16.0 Å². The van der Waals surface area contributed by atoms with E-state index in [-0.39, 0.29) is 11.8 Å². The zero-order valence-electron chi connectivity index (χ0n) is 21.8. The summed E-state index contributed by atoms with van der Waals surface area (Å²) in [5.74, 6) is -0.359. The lowest BCUT2D eigenvalue weighted by Gasteiger charge is -2.29. The van der Waals surface area contributed by atoms with Crippen molar-refractivity contribution >= 4 is 50.9 Å². The average molecular weight is 570 g/mol. The number of para-hydroxylation sites is 2. The lowest BCUT2D eigenvalue weighted by atomic mass is 9.77. The number of ether oxygens (including phenoxy) is 1. The van der Waals surface area contributed by atoms with Gasteiger partial charge in [-0.1, -0.05) is 53.2 Å². The first-order chi connectivity index (χ1) is 17.4. The molecule has 0 bridgehead atoms. The predicted molar refractivity (Wildman–Crippen MR) is 150 cm³/mol. The van der Waals surface area contributed by atoms with E-state index < -0.39 is 17.1 Å². The van der Waals surface area contributed by atoms with E-state index in [1.165, 1.54) is 0 Å². The third-order valence-corrected chi connectivity index (χ3v) is 6.07. The van der Waals surface area contributed by atoms with Crippen LogP contribution in [0, 0.1) is 6.92 Å². The predicted octanol–water partition coefficient (Wildman–Crippen LogP) is 6.24. The Kier molecular flexibility index (Phi) is 8.91. The van der Waals surface area contributed by atoms with Crippen molar-refractivity contribution in [2.24, 2.45) is 0 Å². The van der Waals surface area contributed by atoms with Crippen molar-refractivity contribution in [1.82, 2.24) is 4.98 Å². The van der Waals surface area contributed by atoms with Gasteiger partial charge in [0, 0.05) is 22.7 Å². The van der Waals surface area contributed by atoms with Gasteiger partial charge in [0.1, 0.15) is 5.60 Å². The maximum Gasteiger partial charge on any atom is 0.412 e. The fraction of sp³-hybridized carbons (Fsp3) is 0.357. The Labute approximate surface area is 226 Å². The molecular weight excluding hydrogens is 536 g/mol. The van der Waals surface area contributed by atoms with Gasteiger partial charge >= 0.3 is 6.09 Å². The number of hydrogen-bond donors (Lipinski definition) is 3. The van der Waals surface area contributed by atoms with E-state index in [4.69, 9.17) is 4.74 Å². The van der Waals surface area contributed by atoms with Crippen molar-refractivity contribution in [3.63, 3.8) is 0 Å². The SMILES string of the molecule is Cc1cc(NC(=O)CCBr)cnc1C1(C)C=CC(C(=O)Nc2ccccc2NC(=O)OC(C)(C)C)=CC1. The summed E-state index contributed by atoms with van der Waals surface area (Å²) in [5, 5.41) is 9.01. The number of pyridine rings is 1. The summed E-state index contributed by atoms with van der Waals surface area (Å²) in [7, 11) is 0. The Morgan fingerprint density at radius 1 is 1.11 bits per heavy atom. The number of nitrogens with zero attached hydrogens (tertiary/aromatic N) is 1. The first-order valence-electron chi connectivity index (χ1n) is 12.0. The lowest BCUT2D eigenvalue weighted by Crippen LogP contribution is -2.28. The van der Waals surface area contributed by atoms with Crippen LogP contribution in [0.5, 0.6) is 0 Å². The van der Waals surface area contributed by atoms with Crippen LogP contribution in [0.3, 0.4) is 0 Å². The van der Waals surface area contributed by atoms with E-state index in [0.717, 1.165) is 11.3 Å². The lowest BCUT2D eigenvalue weighted by molar-refractivity contribution is -0.116. The van der Waals surface area contributed by atoms with Gasteiger partial charge in [-0.2, -0.15) is 0 Å². The second-order valence-corrected chi connectivity index (χ2v) is 10.9. The summed E-state index contributed by atoms with van der Waals surface area (Å²) < 4.78 is 5.32. The van der Waals surface area contributed by atoms with Crippen molar-refractivity contribution in [3.05, 3.63) is 71.6 Å². The number of halogens is 1. The maximum atomic E-state index is 13.0. The highest BCUT2D eigenvalue weighted by atomic mass is 79.9. The van der Waals surface area contributed by atoms with E-state index in [1.807, 2.05) is 25.1 Å². The molecule has 2 aromatic rings. The number of carbonyl (C=O) groups excluding carboxylic acids is 3. The molecule has 9 heteroatoms. The molecular formula is C28H33BrN4O4. The molecule has 0 saturated heterocycles. The van der Waals surface area contributed by atoms with Gasteiger partial charge in [0.2, 0.25) is 5.91 Å². The number of aromatic nitrogens is 1. The molecule has 3 rings (SSSR count). The molecule has 37 heavy (non-hydrogen) atoms. The van der Waals surface area contributed by atoms with E-state index in [1.54, 1.807) is 57.3 Å². The molecule has 1 aromatic carbocycles. The van der Waals surface area contributed by atoms with Gasteiger partial charge in [-0.3, -0.25) is 19.9 Å². The number of aryl methyl sites for hydroxylation is 1. The second-order valence-electron chi connectivity index (χ2n) is 10.1. The van der Waals surface area contributed by atoms with Crippen LogP contribution >= 0.6 is 15.9 Å². The summed E-state index contributed by atoms with van der Waals surface area (Å²) in [6, 6.07) is 8.86. The fourth-order valence-electron chi connectivity index (χ4n) is 3.94. The van der Waals surface area contributed by atoms with Crippen LogP contribution in [-0.4, -0.2) is 33.8 Å². The number of carbonyl (C=O) groups is 3. The van der Waals surface area contributed by atoms with Crippen LogP contribution in [0.2, 0.25) is 0 Å². The number of allylic oxidation sites excluding steroid dienone is 2. The van der Waals surface area contributed by atoms with Crippen LogP contribution in [0.4, 0.5) is 21.9 Å². The highest BCUT2D eigenvalue weighted by molar-refractivity contribution is 9.09. The number of rotatable bonds is 7. The fourth-order valence-corrected chi connectivity index (χ4v) is 4.30. The monoisotopic (exact) mass is 568 g/mol. The smallest absolute Gasteiger partial charge is 0.412 e. The van der Waals surface area contributed by atoms with Crippen LogP contribution in [0.1, 0.15) is 51.8 Å². The van der Waals surface area contributed by atoms with Crippen molar-refractivity contribution in [3.8, 4) is 0 Å². The van der Waals surface area contributed by atoms with Gasteiger partial charge in [-0.15, -0.1) is 0 Å². The second kappa shape index (κ2) is 11.7. The van der Waals surface area contributed by atoms with Gasteiger partial charge in [-0.25, -0.2) is 4.79 Å². The van der Waals surface area contributed by atoms with Crippen LogP contribution in [-0.2, 0) is 19.7 Å². The molecule has 0 radical (unpaired) electrons. The third-order valence-electron chi connectivity index (χ3n) is 5.67. The van der Waals surface area contributed by atoms with E-state index in [2.05, 4.69) is 43.8 Å². The first-order valence-corrected chi connectivity index (χ1v) is 13.1. The van der Waals surface area contributed by atoms with Gasteiger partial charge < -0.3 is 15.4 Å². The van der Waals surface area contributed by atoms with E-state index >= 15 is 0 Å². The number of hydrogen-bond acceptors (Lipinski definition) is 5. The van der Waals surface area contributed by atoms with Gasteiger partial charge in [0.15, 0.2) is 0 Å². The normalized spacial score (nSPS) is 17.0. The van der Waals surface area contributed by atoms with Crippen LogP contribution in [0.15, 0.2) is 60.3 Å². The number of benzene rings is 1. The van der Waals surface area contributed by atoms with Crippen molar-refractivity contribution in [1.29, 1.82) is 0 Å². The first kappa shape index (κ1) is 28.1. The largest absolute Gasteiger partial charge is 0.444 e. The van der Waals surface area contributed by atoms with Crippen molar-refractivity contribution < 1.29 is 19.1 Å². The third kappa shape index (κ3) is 7.76. The Morgan fingerprint density at radius 3 is 2.35 bits per heavy atom. The summed E-state index contributed by atoms with van der Waals surface area (Å²) in [6.45, 7) is 9.37. The minimum absolute atomic E-state index is 0.0731. The van der Waals surface area contributed by atoms with Gasteiger partial charge in [-0.05, 0) is 57.9 Å². The average Bonchev–Trinajstić information content (AvgIpc) is 2.79. The Bertz CT molecular complexity index is 1250. The van der Waals surface area contributed by atoms with Gasteiger partial charge in [0.25, 0.3) is 5.91 Å². The minimum Gasteiger partial charge on any atom is -0.444 e. The van der Waals surface area contributed by atoms with Crippen molar-refractivity contribution in [2.45, 2.75) is 58.5 Å². The molecule has 0 saturated carbocycles. The highest BCUT2D eigenvalue weighted by Gasteiger charge is 2.29. The van der Waals surface area contributed by atoms with E-state index in [9.17, 15) is 14.4 Å². The molecule has 8 nitrogen and oxygen atoms in total. The summed E-state index contributed by atoms with van der Waals surface area (Å²) >= 11 is 3.26. The maximum absolute atomic E-state index is 13.0. The van der Waals surface area contributed by atoms with Crippen molar-refractivity contribution in [2.75, 3.05) is 21.3 Å². The molecule has 0 aliphatic heterocycles. The summed E-state index contributed by atoms with van der Waals surface area (Å²) in [4.78, 5) is 41.7. The molecule has 1 unspecified atom stereocenters. The summed E-state index contributed by atoms with van der Waals surface area (Å²) in [6.07, 6.45) is 7.67. The van der Waals surface area contributed by atoms with Crippen LogP contribution in [0.25, 0.3) is 0 Å². The zero-order chi connectivity index (χ0) is 27.2. The molecule has 0 fully saturated rings. The topological polar surface area (TPSA) is 109 Å².